The molecule has 0 aliphatic carbocycles. The second-order valence-corrected chi connectivity index (χ2v) is 9.73. The maximum atomic E-state index is 13.6. The average Bonchev–Trinajstić information content (AvgIpc) is 3.31. The maximum Gasteiger partial charge on any atom is 0.242 e. The molecule has 0 saturated heterocycles. The number of carbonyl (C=O) groups is 2. The minimum absolute atomic E-state index is 0.00200. The number of rotatable bonds is 13. The Hall–Kier alpha value is -3.34. The van der Waals surface area contributed by atoms with Crippen LogP contribution >= 0.6 is 0 Å². The van der Waals surface area contributed by atoms with Crippen molar-refractivity contribution in [1.82, 2.24) is 14.4 Å². The van der Waals surface area contributed by atoms with Crippen LogP contribution in [0.3, 0.4) is 0 Å². The molecule has 0 bridgehead atoms. The van der Waals surface area contributed by atoms with Crippen LogP contribution in [0, 0.1) is 6.92 Å². The van der Waals surface area contributed by atoms with E-state index in [-0.39, 0.29) is 24.4 Å². The van der Waals surface area contributed by atoms with E-state index in [1.54, 1.807) is 4.90 Å². The molecule has 192 valence electrons. The van der Waals surface area contributed by atoms with E-state index in [1.807, 2.05) is 48.2 Å². The lowest BCUT2D eigenvalue weighted by Gasteiger charge is -2.31. The first-order valence-electron chi connectivity index (χ1n) is 13.2. The Labute approximate surface area is 216 Å². The predicted molar refractivity (Wildman–Crippen MR) is 147 cm³/mol. The van der Waals surface area contributed by atoms with Crippen molar-refractivity contribution in [3.63, 3.8) is 0 Å². The number of aryl methyl sites for hydroxylation is 1. The summed E-state index contributed by atoms with van der Waals surface area (Å²) < 4.78 is 2.22. The highest BCUT2D eigenvalue weighted by atomic mass is 16.2. The van der Waals surface area contributed by atoms with Crippen molar-refractivity contribution in [1.29, 1.82) is 0 Å². The van der Waals surface area contributed by atoms with Crippen LogP contribution in [0.25, 0.3) is 0 Å². The van der Waals surface area contributed by atoms with Crippen molar-refractivity contribution in [3.05, 3.63) is 95.3 Å². The van der Waals surface area contributed by atoms with Crippen LogP contribution in [0.1, 0.15) is 62.4 Å². The molecule has 0 aliphatic heterocycles. The van der Waals surface area contributed by atoms with E-state index >= 15 is 0 Å². The molecular formula is C31H41N3O2. The number of carbonyl (C=O) groups excluding carboxylic acids is 2. The molecule has 3 rings (SSSR count). The molecule has 1 unspecified atom stereocenters. The van der Waals surface area contributed by atoms with Crippen LogP contribution in [-0.4, -0.2) is 45.3 Å². The van der Waals surface area contributed by atoms with Gasteiger partial charge in [-0.1, -0.05) is 80.4 Å². The SMILES string of the molecule is CCCCN(Cc1cccn1Cc1cccc(C)c1)C(=O)CN(C(=O)Cc1ccccc1)C(C)CC. The van der Waals surface area contributed by atoms with Gasteiger partial charge in [0.05, 0.1) is 13.0 Å². The number of unbranched alkanes of at least 4 members (excludes halogenated alkanes) is 1. The number of hydrogen-bond donors (Lipinski definition) is 0. The van der Waals surface area contributed by atoms with Gasteiger partial charge in [0, 0.05) is 31.0 Å². The highest BCUT2D eigenvalue weighted by molar-refractivity contribution is 5.86. The standard InChI is InChI=1S/C31H41N3O2/c1-5-7-18-33(23-29-17-12-19-32(29)22-28-16-11-13-25(3)20-28)31(36)24-34(26(4)6-2)30(35)21-27-14-9-8-10-15-27/h8-17,19-20,26H,5-7,18,21-24H2,1-4H3. The molecule has 36 heavy (non-hydrogen) atoms. The average molecular weight is 488 g/mol. The highest BCUT2D eigenvalue weighted by Crippen LogP contribution is 2.15. The predicted octanol–water partition coefficient (Wildman–Crippen LogP) is 5.84. The van der Waals surface area contributed by atoms with Gasteiger partial charge in [-0.05, 0) is 49.9 Å². The lowest BCUT2D eigenvalue weighted by molar-refractivity contribution is -0.142. The van der Waals surface area contributed by atoms with Crippen LogP contribution in [-0.2, 0) is 29.1 Å². The first kappa shape index (κ1) is 27.3. The Morgan fingerprint density at radius 3 is 2.36 bits per heavy atom. The van der Waals surface area contributed by atoms with Crippen LogP contribution in [0.2, 0.25) is 0 Å². The summed E-state index contributed by atoms with van der Waals surface area (Å²) in [5, 5.41) is 0. The minimum atomic E-state index is 0.00200. The van der Waals surface area contributed by atoms with Crippen LogP contribution in [0.4, 0.5) is 0 Å². The quantitative estimate of drug-likeness (QED) is 0.304. The van der Waals surface area contributed by atoms with E-state index < -0.39 is 0 Å². The second-order valence-electron chi connectivity index (χ2n) is 9.73. The van der Waals surface area contributed by atoms with E-state index in [2.05, 4.69) is 61.9 Å². The molecule has 1 heterocycles. The van der Waals surface area contributed by atoms with Gasteiger partial charge in [0.15, 0.2) is 0 Å². The first-order chi connectivity index (χ1) is 17.4. The first-order valence-corrected chi connectivity index (χ1v) is 13.2. The van der Waals surface area contributed by atoms with E-state index in [9.17, 15) is 9.59 Å². The Morgan fingerprint density at radius 2 is 1.67 bits per heavy atom. The summed E-state index contributed by atoms with van der Waals surface area (Å²) in [5.74, 6) is 0.00984. The smallest absolute Gasteiger partial charge is 0.242 e. The summed E-state index contributed by atoms with van der Waals surface area (Å²) in [5.41, 5.74) is 4.56. The molecule has 1 atom stereocenters. The van der Waals surface area contributed by atoms with Crippen molar-refractivity contribution in [2.45, 2.75) is 72.5 Å². The van der Waals surface area contributed by atoms with Crippen LogP contribution < -0.4 is 0 Å². The van der Waals surface area contributed by atoms with Gasteiger partial charge in [-0.3, -0.25) is 9.59 Å². The lowest BCUT2D eigenvalue weighted by Crippen LogP contribution is -2.47. The Bertz CT molecular complexity index is 1110. The molecule has 0 saturated carbocycles. The normalized spacial score (nSPS) is 11.8. The van der Waals surface area contributed by atoms with Gasteiger partial charge in [-0.15, -0.1) is 0 Å². The number of aromatic nitrogens is 1. The maximum absolute atomic E-state index is 13.6. The number of amides is 2. The molecule has 0 aliphatic rings. The van der Waals surface area contributed by atoms with Crippen LogP contribution in [0.5, 0.6) is 0 Å². The van der Waals surface area contributed by atoms with Gasteiger partial charge in [0.1, 0.15) is 6.54 Å². The summed E-state index contributed by atoms with van der Waals surface area (Å²) in [6.45, 7) is 10.4. The zero-order chi connectivity index (χ0) is 25.9. The van der Waals surface area contributed by atoms with Crippen molar-refractivity contribution < 1.29 is 9.59 Å². The Kier molecular flexibility index (Phi) is 10.3. The molecule has 2 amide bonds. The van der Waals surface area contributed by atoms with Crippen molar-refractivity contribution >= 4 is 11.8 Å². The number of benzene rings is 2. The van der Waals surface area contributed by atoms with Gasteiger partial charge in [0.2, 0.25) is 11.8 Å². The van der Waals surface area contributed by atoms with Crippen molar-refractivity contribution in [2.75, 3.05) is 13.1 Å². The van der Waals surface area contributed by atoms with E-state index in [4.69, 9.17) is 0 Å². The molecule has 0 spiro atoms. The highest BCUT2D eigenvalue weighted by Gasteiger charge is 2.25. The number of hydrogen-bond acceptors (Lipinski definition) is 2. The van der Waals surface area contributed by atoms with Crippen molar-refractivity contribution in [3.8, 4) is 0 Å². The van der Waals surface area contributed by atoms with Gasteiger partial charge in [-0.25, -0.2) is 0 Å². The Balaban J connectivity index is 1.74. The molecular weight excluding hydrogens is 446 g/mol. The zero-order valence-electron chi connectivity index (χ0n) is 22.3. The summed E-state index contributed by atoms with van der Waals surface area (Å²) in [6, 6.07) is 22.4. The topological polar surface area (TPSA) is 45.6 Å². The fourth-order valence-corrected chi connectivity index (χ4v) is 4.42. The summed E-state index contributed by atoms with van der Waals surface area (Å²) in [4.78, 5) is 30.5. The van der Waals surface area contributed by atoms with Gasteiger partial charge >= 0.3 is 0 Å². The molecule has 3 aromatic rings. The van der Waals surface area contributed by atoms with Gasteiger partial charge in [0.25, 0.3) is 0 Å². The van der Waals surface area contributed by atoms with E-state index in [1.165, 1.54) is 11.1 Å². The number of nitrogens with zero attached hydrogens (tertiary/aromatic N) is 3. The second kappa shape index (κ2) is 13.7. The summed E-state index contributed by atoms with van der Waals surface area (Å²) in [6.07, 6.45) is 5.14. The third kappa shape index (κ3) is 7.84. The van der Waals surface area contributed by atoms with E-state index in [0.29, 0.717) is 19.5 Å². The third-order valence-corrected chi connectivity index (χ3v) is 6.79. The zero-order valence-corrected chi connectivity index (χ0v) is 22.3. The van der Waals surface area contributed by atoms with E-state index in [0.717, 1.165) is 37.1 Å². The summed E-state index contributed by atoms with van der Waals surface area (Å²) in [7, 11) is 0. The minimum Gasteiger partial charge on any atom is -0.345 e. The van der Waals surface area contributed by atoms with Gasteiger partial charge in [-0.2, -0.15) is 0 Å². The molecule has 0 fully saturated rings. The molecule has 0 N–H and O–H groups in total. The third-order valence-electron chi connectivity index (χ3n) is 6.79. The fraction of sp³-hybridized carbons (Fsp3) is 0.419. The molecule has 2 aromatic carbocycles. The molecule has 5 nitrogen and oxygen atoms in total. The van der Waals surface area contributed by atoms with Gasteiger partial charge < -0.3 is 14.4 Å². The Morgan fingerprint density at radius 1 is 0.917 bits per heavy atom. The van der Waals surface area contributed by atoms with Crippen molar-refractivity contribution in [2.24, 2.45) is 0 Å². The molecule has 5 heteroatoms. The molecule has 0 radical (unpaired) electrons. The summed E-state index contributed by atoms with van der Waals surface area (Å²) >= 11 is 0. The van der Waals surface area contributed by atoms with Crippen LogP contribution in [0.15, 0.2) is 72.9 Å². The fourth-order valence-electron chi connectivity index (χ4n) is 4.42. The lowest BCUT2D eigenvalue weighted by atomic mass is 10.1. The largest absolute Gasteiger partial charge is 0.345 e. The monoisotopic (exact) mass is 487 g/mol. The molecule has 1 aromatic heterocycles.